The number of rotatable bonds is 6. The van der Waals surface area contributed by atoms with E-state index in [-0.39, 0.29) is 12.5 Å². The number of benzene rings is 2. The molecule has 0 bridgehead atoms. The van der Waals surface area contributed by atoms with Gasteiger partial charge in [0.2, 0.25) is 0 Å². The highest BCUT2D eigenvalue weighted by Gasteiger charge is 2.09. The normalized spacial score (nSPS) is 13.1. The fraction of sp³-hybridized carbons (Fsp3) is 0.316. The lowest BCUT2D eigenvalue weighted by molar-refractivity contribution is 0.268. The van der Waals surface area contributed by atoms with Gasteiger partial charge in [-0.25, -0.2) is 0 Å². The second-order valence-corrected chi connectivity index (χ2v) is 5.92. The summed E-state index contributed by atoms with van der Waals surface area (Å²) in [5.41, 5.74) is 9.21. The van der Waals surface area contributed by atoms with Gasteiger partial charge in [0, 0.05) is 11.6 Å². The van der Waals surface area contributed by atoms with Crippen LogP contribution in [-0.2, 0) is 0 Å². The molecule has 0 aliphatic rings. The zero-order valence-electron chi connectivity index (χ0n) is 13.7. The Morgan fingerprint density at radius 2 is 1.78 bits per heavy atom. The van der Waals surface area contributed by atoms with Gasteiger partial charge in [0.1, 0.15) is 0 Å². The van der Waals surface area contributed by atoms with Crippen LogP contribution in [0.25, 0.3) is 0 Å². The molecule has 0 amide bonds. The third-order valence-corrected chi connectivity index (χ3v) is 3.80. The first kappa shape index (κ1) is 17.0. The molecule has 23 heavy (non-hydrogen) atoms. The van der Waals surface area contributed by atoms with Gasteiger partial charge in [-0.3, -0.25) is 4.99 Å². The molecular weight excluding hydrogens is 286 g/mol. The van der Waals surface area contributed by atoms with E-state index in [1.807, 2.05) is 42.5 Å². The summed E-state index contributed by atoms with van der Waals surface area (Å²) in [6, 6.07) is 18.0. The number of nitrogens with one attached hydrogen (secondary N) is 1. The number of hydrogen-bond acceptors (Lipinski definition) is 2. The van der Waals surface area contributed by atoms with Crippen molar-refractivity contribution < 1.29 is 5.11 Å². The van der Waals surface area contributed by atoms with Crippen LogP contribution < -0.4 is 11.1 Å². The first-order valence-corrected chi connectivity index (χ1v) is 7.93. The summed E-state index contributed by atoms with van der Waals surface area (Å²) >= 11 is 0. The van der Waals surface area contributed by atoms with E-state index >= 15 is 0 Å². The topological polar surface area (TPSA) is 70.6 Å². The first-order chi connectivity index (χ1) is 11.1. The fourth-order valence-electron chi connectivity index (χ4n) is 2.37. The van der Waals surface area contributed by atoms with E-state index in [9.17, 15) is 5.11 Å². The standard InChI is InChI=1S/C19H25N3O/c1-14(2)16-9-6-10-18(11-16)22-19(20)21-12-17(13-23)15-7-4-3-5-8-15/h3-11,14,17,23H,12-13H2,1-2H3,(H3,20,21,22). The molecule has 0 fully saturated rings. The lowest BCUT2D eigenvalue weighted by Crippen LogP contribution is -2.24. The molecule has 0 saturated heterocycles. The zero-order valence-corrected chi connectivity index (χ0v) is 13.7. The van der Waals surface area contributed by atoms with Crippen LogP contribution in [0.3, 0.4) is 0 Å². The molecule has 2 aromatic rings. The third-order valence-electron chi connectivity index (χ3n) is 3.80. The first-order valence-electron chi connectivity index (χ1n) is 7.93. The van der Waals surface area contributed by atoms with E-state index in [0.717, 1.165) is 11.3 Å². The van der Waals surface area contributed by atoms with Crippen molar-refractivity contribution in [2.75, 3.05) is 18.5 Å². The van der Waals surface area contributed by atoms with Gasteiger partial charge in [0.25, 0.3) is 0 Å². The lowest BCUT2D eigenvalue weighted by atomic mass is 10.0. The smallest absolute Gasteiger partial charge is 0.193 e. The van der Waals surface area contributed by atoms with Crippen LogP contribution in [0.5, 0.6) is 0 Å². The van der Waals surface area contributed by atoms with E-state index in [0.29, 0.717) is 18.4 Å². The van der Waals surface area contributed by atoms with Gasteiger partial charge >= 0.3 is 0 Å². The summed E-state index contributed by atoms with van der Waals surface area (Å²) in [6.45, 7) is 4.80. The Morgan fingerprint density at radius 3 is 2.43 bits per heavy atom. The van der Waals surface area contributed by atoms with Crippen LogP contribution in [0.1, 0.15) is 36.8 Å². The maximum atomic E-state index is 9.55. The number of nitrogens with two attached hydrogens (primary N) is 1. The van der Waals surface area contributed by atoms with Crippen molar-refractivity contribution in [3.05, 3.63) is 65.7 Å². The Morgan fingerprint density at radius 1 is 1.09 bits per heavy atom. The van der Waals surface area contributed by atoms with Crippen molar-refractivity contribution in [2.45, 2.75) is 25.7 Å². The molecular formula is C19H25N3O. The minimum absolute atomic E-state index is 0.0430. The Balaban J connectivity index is 2.01. The molecule has 2 aromatic carbocycles. The molecule has 0 aliphatic carbocycles. The van der Waals surface area contributed by atoms with E-state index in [4.69, 9.17) is 5.73 Å². The molecule has 1 atom stereocenters. The average molecular weight is 311 g/mol. The predicted octanol–water partition coefficient (Wildman–Crippen LogP) is 3.31. The Hall–Kier alpha value is -2.33. The maximum absolute atomic E-state index is 9.55. The van der Waals surface area contributed by atoms with Gasteiger partial charge in [-0.1, -0.05) is 56.3 Å². The van der Waals surface area contributed by atoms with Crippen molar-refractivity contribution in [1.29, 1.82) is 0 Å². The average Bonchev–Trinajstić information content (AvgIpc) is 2.56. The maximum Gasteiger partial charge on any atom is 0.193 e. The van der Waals surface area contributed by atoms with Crippen molar-refractivity contribution in [3.8, 4) is 0 Å². The van der Waals surface area contributed by atoms with Crippen molar-refractivity contribution in [2.24, 2.45) is 10.7 Å². The summed E-state index contributed by atoms with van der Waals surface area (Å²) in [6.07, 6.45) is 0. The summed E-state index contributed by atoms with van der Waals surface area (Å²) in [7, 11) is 0. The molecule has 0 aliphatic heterocycles. The third kappa shape index (κ3) is 5.11. The van der Waals surface area contributed by atoms with E-state index in [1.165, 1.54) is 5.56 Å². The Kier molecular flexibility index (Phi) is 6.18. The summed E-state index contributed by atoms with van der Waals surface area (Å²) in [5, 5.41) is 12.7. The highest BCUT2D eigenvalue weighted by Crippen LogP contribution is 2.18. The van der Waals surface area contributed by atoms with Crippen LogP contribution in [0.4, 0.5) is 5.69 Å². The molecule has 4 N–H and O–H groups in total. The molecule has 0 heterocycles. The largest absolute Gasteiger partial charge is 0.396 e. The SMILES string of the molecule is CC(C)c1cccc(NC(N)=NCC(CO)c2ccccc2)c1. The monoisotopic (exact) mass is 311 g/mol. The molecule has 2 rings (SSSR count). The molecule has 4 nitrogen and oxygen atoms in total. The van der Waals surface area contributed by atoms with E-state index < -0.39 is 0 Å². The van der Waals surface area contributed by atoms with Crippen LogP contribution in [0, 0.1) is 0 Å². The van der Waals surface area contributed by atoms with Crippen LogP contribution in [0.2, 0.25) is 0 Å². The number of aliphatic imine (C=N–C) groups is 1. The number of anilines is 1. The molecule has 0 radical (unpaired) electrons. The second-order valence-electron chi connectivity index (χ2n) is 5.92. The van der Waals surface area contributed by atoms with Gasteiger partial charge in [0.15, 0.2) is 5.96 Å². The highest BCUT2D eigenvalue weighted by molar-refractivity contribution is 5.92. The predicted molar refractivity (Wildman–Crippen MR) is 96.9 cm³/mol. The molecule has 0 saturated carbocycles. The quantitative estimate of drug-likeness (QED) is 0.566. The number of aliphatic hydroxyl groups is 1. The van der Waals surface area contributed by atoms with Gasteiger partial charge in [-0.15, -0.1) is 0 Å². The van der Waals surface area contributed by atoms with Gasteiger partial charge in [0.05, 0.1) is 13.2 Å². The second kappa shape index (κ2) is 8.34. The van der Waals surface area contributed by atoms with Gasteiger partial charge in [-0.2, -0.15) is 0 Å². The minimum atomic E-state index is -0.0430. The molecule has 1 unspecified atom stereocenters. The van der Waals surface area contributed by atoms with Gasteiger partial charge < -0.3 is 16.2 Å². The van der Waals surface area contributed by atoms with Crippen molar-refractivity contribution in [1.82, 2.24) is 0 Å². The highest BCUT2D eigenvalue weighted by atomic mass is 16.3. The molecule has 122 valence electrons. The molecule has 0 aromatic heterocycles. The van der Waals surface area contributed by atoms with Crippen molar-refractivity contribution >= 4 is 11.6 Å². The fourth-order valence-corrected chi connectivity index (χ4v) is 2.37. The number of guanidine groups is 1. The van der Waals surface area contributed by atoms with Crippen LogP contribution in [0.15, 0.2) is 59.6 Å². The Labute approximate surface area is 138 Å². The van der Waals surface area contributed by atoms with E-state index in [1.54, 1.807) is 0 Å². The summed E-state index contributed by atoms with van der Waals surface area (Å²) < 4.78 is 0. The summed E-state index contributed by atoms with van der Waals surface area (Å²) in [5.74, 6) is 0.783. The lowest BCUT2D eigenvalue weighted by Gasteiger charge is -2.13. The van der Waals surface area contributed by atoms with Crippen LogP contribution >= 0.6 is 0 Å². The zero-order chi connectivity index (χ0) is 16.7. The minimum Gasteiger partial charge on any atom is -0.396 e. The molecule has 4 heteroatoms. The van der Waals surface area contributed by atoms with E-state index in [2.05, 4.69) is 36.3 Å². The Bertz CT molecular complexity index is 638. The van der Waals surface area contributed by atoms with Crippen molar-refractivity contribution in [3.63, 3.8) is 0 Å². The number of nitrogens with zero attached hydrogens (tertiary/aromatic N) is 1. The number of aliphatic hydroxyl groups excluding tert-OH is 1. The van der Waals surface area contributed by atoms with Gasteiger partial charge in [-0.05, 0) is 29.2 Å². The summed E-state index contributed by atoms with van der Waals surface area (Å²) in [4.78, 5) is 4.36. The molecule has 0 spiro atoms. The van der Waals surface area contributed by atoms with Crippen LogP contribution in [-0.4, -0.2) is 24.2 Å². The number of hydrogen-bond donors (Lipinski definition) is 3.